The van der Waals surface area contributed by atoms with Crippen molar-refractivity contribution in [3.8, 4) is 0 Å². The number of aromatic amines is 1. The Balaban J connectivity index is 1.17. The molecule has 7 nitrogen and oxygen atoms in total. The van der Waals surface area contributed by atoms with E-state index in [1.807, 2.05) is 24.3 Å². The number of benzene rings is 1. The molecule has 1 saturated carbocycles. The van der Waals surface area contributed by atoms with Crippen LogP contribution < -0.4 is 10.9 Å². The van der Waals surface area contributed by atoms with Crippen molar-refractivity contribution in [2.45, 2.75) is 32.4 Å². The lowest BCUT2D eigenvalue weighted by Gasteiger charge is -2.31. The Morgan fingerprint density at radius 2 is 2.09 bits per heavy atom. The summed E-state index contributed by atoms with van der Waals surface area (Å²) in [5, 5.41) is 2.97. The van der Waals surface area contributed by atoms with E-state index < -0.39 is 11.4 Å². The van der Waals surface area contributed by atoms with Gasteiger partial charge in [0.05, 0.1) is 11.0 Å². The minimum Gasteiger partial charge on any atom is -0.348 e. The third-order valence-corrected chi connectivity index (χ3v) is 6.90. The Morgan fingerprint density at radius 1 is 1.23 bits per heavy atom. The van der Waals surface area contributed by atoms with Gasteiger partial charge in [0, 0.05) is 38.1 Å². The van der Waals surface area contributed by atoms with Crippen LogP contribution in [0.1, 0.15) is 41.4 Å². The zero-order valence-corrected chi connectivity index (χ0v) is 19.4. The minimum atomic E-state index is -0.520. The van der Waals surface area contributed by atoms with Crippen molar-refractivity contribution >= 4 is 28.0 Å². The molecule has 1 aliphatic carbocycles. The number of fused-ring (bicyclic) bond motifs is 3. The van der Waals surface area contributed by atoms with Crippen LogP contribution in [0.4, 0.5) is 4.39 Å². The van der Waals surface area contributed by atoms with Crippen LogP contribution in [0.15, 0.2) is 59.7 Å². The van der Waals surface area contributed by atoms with Gasteiger partial charge >= 0.3 is 0 Å². The Kier molecular flexibility index (Phi) is 5.25. The molecule has 0 saturated heterocycles. The third-order valence-electron chi connectivity index (χ3n) is 6.90. The van der Waals surface area contributed by atoms with Crippen LogP contribution in [0.5, 0.6) is 0 Å². The van der Waals surface area contributed by atoms with Gasteiger partial charge in [0.15, 0.2) is 5.82 Å². The molecule has 8 heteroatoms. The van der Waals surface area contributed by atoms with Crippen LogP contribution in [-0.2, 0) is 6.54 Å². The molecule has 3 aromatic heterocycles. The fraction of sp³-hybridized carbons (Fsp3) is 0.296. The first-order valence-corrected chi connectivity index (χ1v) is 12.0. The van der Waals surface area contributed by atoms with Crippen molar-refractivity contribution in [2.75, 3.05) is 13.1 Å². The number of aromatic nitrogens is 3. The highest BCUT2D eigenvalue weighted by Gasteiger charge is 2.25. The molecule has 6 rings (SSSR count). The normalized spacial score (nSPS) is 18.7. The van der Waals surface area contributed by atoms with Crippen molar-refractivity contribution < 1.29 is 9.18 Å². The maximum Gasteiger partial charge on any atom is 0.275 e. The Bertz CT molecular complexity index is 1530. The highest BCUT2D eigenvalue weighted by molar-refractivity contribution is 5.92. The number of hydrogen-bond donors (Lipinski definition) is 2. The van der Waals surface area contributed by atoms with E-state index in [-0.39, 0.29) is 11.4 Å². The molecule has 0 bridgehead atoms. The standard InChI is InChI=1S/C27H26FN5O2/c1-16-14-32(10-8-20(16)18-3-6-22(29-13-18)26(34)30-19-4-5-19)15-17-2-7-24-23(12-17)31-27(35)25-21(28)9-11-33(24)25/h2-3,6-9,11-13,16,19H,4-5,10,14-15H2,1H3,(H,30,34)(H,31,35). The summed E-state index contributed by atoms with van der Waals surface area (Å²) < 4.78 is 15.5. The van der Waals surface area contributed by atoms with Gasteiger partial charge in [-0.05, 0) is 59.7 Å². The van der Waals surface area contributed by atoms with E-state index in [9.17, 15) is 14.0 Å². The second-order valence-electron chi connectivity index (χ2n) is 9.62. The fourth-order valence-corrected chi connectivity index (χ4v) is 4.96. The molecule has 1 atom stereocenters. The van der Waals surface area contributed by atoms with Crippen LogP contribution in [0.3, 0.4) is 0 Å². The Labute approximate surface area is 201 Å². The van der Waals surface area contributed by atoms with Crippen LogP contribution in [0.2, 0.25) is 0 Å². The number of H-pyrrole nitrogens is 1. The molecule has 4 heterocycles. The molecule has 2 N–H and O–H groups in total. The number of amides is 1. The molecule has 2 aliphatic rings. The van der Waals surface area contributed by atoms with Crippen molar-refractivity contribution in [1.29, 1.82) is 0 Å². The monoisotopic (exact) mass is 471 g/mol. The van der Waals surface area contributed by atoms with E-state index in [2.05, 4.69) is 33.2 Å². The summed E-state index contributed by atoms with van der Waals surface area (Å²) in [6, 6.07) is 11.3. The summed E-state index contributed by atoms with van der Waals surface area (Å²) in [7, 11) is 0. The van der Waals surface area contributed by atoms with E-state index in [1.165, 1.54) is 11.6 Å². The molecular formula is C27H26FN5O2. The molecule has 1 aliphatic heterocycles. The summed E-state index contributed by atoms with van der Waals surface area (Å²) in [4.78, 5) is 34.1. The van der Waals surface area contributed by atoms with Gasteiger partial charge in [0.1, 0.15) is 11.2 Å². The Hall–Kier alpha value is -3.78. The number of nitrogens with zero attached hydrogens (tertiary/aromatic N) is 3. The number of nitrogens with one attached hydrogen (secondary N) is 2. The highest BCUT2D eigenvalue weighted by atomic mass is 19.1. The summed E-state index contributed by atoms with van der Waals surface area (Å²) in [6.07, 6.45) is 7.72. The van der Waals surface area contributed by atoms with Gasteiger partial charge < -0.3 is 14.7 Å². The van der Waals surface area contributed by atoms with Gasteiger partial charge in [-0.25, -0.2) is 4.39 Å². The molecular weight excluding hydrogens is 445 g/mol. The first-order valence-electron chi connectivity index (χ1n) is 12.0. The summed E-state index contributed by atoms with van der Waals surface area (Å²) in [6.45, 7) is 4.61. The van der Waals surface area contributed by atoms with Gasteiger partial charge in [-0.3, -0.25) is 19.5 Å². The number of halogens is 1. The summed E-state index contributed by atoms with van der Waals surface area (Å²) in [5.41, 5.74) is 4.89. The summed E-state index contributed by atoms with van der Waals surface area (Å²) >= 11 is 0. The first kappa shape index (κ1) is 21.7. The van der Waals surface area contributed by atoms with Gasteiger partial charge in [-0.2, -0.15) is 0 Å². The molecule has 35 heavy (non-hydrogen) atoms. The van der Waals surface area contributed by atoms with Crippen molar-refractivity contribution in [2.24, 2.45) is 5.92 Å². The zero-order valence-electron chi connectivity index (χ0n) is 19.4. The maximum absolute atomic E-state index is 13.9. The Morgan fingerprint density at radius 3 is 2.83 bits per heavy atom. The highest BCUT2D eigenvalue weighted by Crippen LogP contribution is 2.28. The van der Waals surface area contributed by atoms with Crippen LogP contribution >= 0.6 is 0 Å². The molecule has 4 aromatic rings. The molecule has 1 amide bonds. The van der Waals surface area contributed by atoms with Crippen LogP contribution in [0, 0.1) is 11.7 Å². The van der Waals surface area contributed by atoms with E-state index in [4.69, 9.17) is 0 Å². The summed E-state index contributed by atoms with van der Waals surface area (Å²) in [5.74, 6) is -0.316. The molecule has 0 radical (unpaired) electrons. The van der Waals surface area contributed by atoms with Crippen molar-refractivity contribution in [3.05, 3.63) is 87.9 Å². The fourth-order valence-electron chi connectivity index (χ4n) is 4.96. The van der Waals surface area contributed by atoms with Crippen LogP contribution in [0.25, 0.3) is 22.1 Å². The van der Waals surface area contributed by atoms with E-state index >= 15 is 0 Å². The number of hydrogen-bond acceptors (Lipinski definition) is 4. The van der Waals surface area contributed by atoms with E-state index in [1.54, 1.807) is 22.9 Å². The van der Waals surface area contributed by atoms with Crippen molar-refractivity contribution in [3.63, 3.8) is 0 Å². The van der Waals surface area contributed by atoms with Gasteiger partial charge in [0.2, 0.25) is 0 Å². The minimum absolute atomic E-state index is 0.0406. The lowest BCUT2D eigenvalue weighted by atomic mass is 9.91. The quantitative estimate of drug-likeness (QED) is 0.465. The third kappa shape index (κ3) is 4.14. The largest absolute Gasteiger partial charge is 0.348 e. The number of carbonyl (C=O) groups excluding carboxylic acids is 1. The zero-order chi connectivity index (χ0) is 24.1. The van der Waals surface area contributed by atoms with Crippen LogP contribution in [-0.4, -0.2) is 44.3 Å². The molecule has 0 spiro atoms. The SMILES string of the molecule is CC1CN(Cc2ccc3c(c2)[nH]c(=O)c2c(F)ccn23)CC=C1c1ccc(C(=O)NC2CC2)nc1. The van der Waals surface area contributed by atoms with Crippen molar-refractivity contribution in [1.82, 2.24) is 24.6 Å². The first-order chi connectivity index (χ1) is 17.0. The van der Waals surface area contributed by atoms with Gasteiger partial charge in [0.25, 0.3) is 11.5 Å². The average Bonchev–Trinajstić information content (AvgIpc) is 3.57. The molecule has 178 valence electrons. The topological polar surface area (TPSA) is 82.5 Å². The number of rotatable bonds is 5. The predicted octanol–water partition coefficient (Wildman–Crippen LogP) is 3.74. The molecule has 1 aromatic carbocycles. The average molecular weight is 472 g/mol. The van der Waals surface area contributed by atoms with Gasteiger partial charge in [-0.15, -0.1) is 0 Å². The number of carbonyl (C=O) groups is 1. The molecule has 1 unspecified atom stereocenters. The van der Waals surface area contributed by atoms with Gasteiger partial charge in [-0.1, -0.05) is 25.1 Å². The van der Waals surface area contributed by atoms with E-state index in [0.717, 1.165) is 49.1 Å². The second-order valence-corrected chi connectivity index (χ2v) is 9.62. The lowest BCUT2D eigenvalue weighted by Crippen LogP contribution is -2.33. The second kappa shape index (κ2) is 8.46. The van der Waals surface area contributed by atoms with E-state index in [0.29, 0.717) is 23.2 Å². The lowest BCUT2D eigenvalue weighted by molar-refractivity contribution is 0.0946. The maximum atomic E-state index is 13.9. The molecule has 1 fully saturated rings. The predicted molar refractivity (Wildman–Crippen MR) is 133 cm³/mol. The number of pyridine rings is 1. The smallest absolute Gasteiger partial charge is 0.275 e.